The molecule has 0 unspecified atom stereocenters. The first-order chi connectivity index (χ1) is 8.29. The molecule has 0 bridgehead atoms. The quantitative estimate of drug-likeness (QED) is 0.839. The Morgan fingerprint density at radius 3 is 2.82 bits per heavy atom. The van der Waals surface area contributed by atoms with Gasteiger partial charge in [-0.2, -0.15) is 0 Å². The Kier molecular flexibility index (Phi) is 3.80. The molecule has 17 heavy (non-hydrogen) atoms. The third-order valence-corrected chi connectivity index (χ3v) is 2.87. The topological polar surface area (TPSA) is 54.5 Å². The molecule has 1 aromatic rings. The van der Waals surface area contributed by atoms with E-state index in [2.05, 4.69) is 10.3 Å². The summed E-state index contributed by atoms with van der Waals surface area (Å²) in [5, 5.41) is 2.63. The number of nitrogens with one attached hydrogen (secondary N) is 1. The minimum absolute atomic E-state index is 0.0127. The van der Waals surface area contributed by atoms with Gasteiger partial charge in [0.25, 0.3) is 0 Å². The van der Waals surface area contributed by atoms with Gasteiger partial charge in [-0.05, 0) is 6.07 Å². The maximum atomic E-state index is 11.4. The van der Waals surface area contributed by atoms with E-state index >= 15 is 0 Å². The van der Waals surface area contributed by atoms with Crippen molar-refractivity contribution in [1.29, 1.82) is 0 Å². The van der Waals surface area contributed by atoms with Crippen molar-refractivity contribution in [2.24, 2.45) is 0 Å². The van der Waals surface area contributed by atoms with Crippen molar-refractivity contribution in [1.82, 2.24) is 15.2 Å². The monoisotopic (exact) mass is 235 g/mol. The van der Waals surface area contributed by atoms with Gasteiger partial charge in [0, 0.05) is 45.2 Å². The predicted molar refractivity (Wildman–Crippen MR) is 63.9 cm³/mol. The number of amides is 2. The number of ether oxygens (including phenoxy) is 1. The molecular formula is C12H17N3O2. The van der Waals surface area contributed by atoms with Crippen LogP contribution in [0.4, 0.5) is 4.79 Å². The highest BCUT2D eigenvalue weighted by Crippen LogP contribution is 2.16. The number of rotatable bonds is 2. The Balaban J connectivity index is 1.82. The molecular weight excluding hydrogens is 218 g/mol. The number of urea groups is 1. The van der Waals surface area contributed by atoms with Gasteiger partial charge in [0.05, 0.1) is 0 Å². The SMILES string of the molecule is CNC(=O)N1CCC(Oc2ccccn2)CC1. The highest BCUT2D eigenvalue weighted by atomic mass is 16.5. The van der Waals surface area contributed by atoms with E-state index in [9.17, 15) is 4.79 Å². The van der Waals surface area contributed by atoms with Gasteiger partial charge in [0.15, 0.2) is 0 Å². The summed E-state index contributed by atoms with van der Waals surface area (Å²) in [7, 11) is 1.65. The number of aromatic nitrogens is 1. The molecule has 1 saturated heterocycles. The standard InChI is InChI=1S/C12H17N3O2/c1-13-12(16)15-8-5-10(6-9-15)17-11-4-2-3-7-14-11/h2-4,7,10H,5-6,8-9H2,1H3,(H,13,16). The largest absolute Gasteiger partial charge is 0.474 e. The maximum Gasteiger partial charge on any atom is 0.317 e. The molecule has 0 atom stereocenters. The molecule has 1 aliphatic rings. The van der Waals surface area contributed by atoms with Gasteiger partial charge in [-0.3, -0.25) is 0 Å². The highest BCUT2D eigenvalue weighted by Gasteiger charge is 2.23. The lowest BCUT2D eigenvalue weighted by molar-refractivity contribution is 0.108. The fourth-order valence-corrected chi connectivity index (χ4v) is 1.92. The smallest absolute Gasteiger partial charge is 0.317 e. The number of hydrogen-bond acceptors (Lipinski definition) is 3. The second-order valence-corrected chi connectivity index (χ2v) is 4.03. The van der Waals surface area contributed by atoms with E-state index in [1.807, 2.05) is 18.2 Å². The molecule has 1 N–H and O–H groups in total. The molecule has 2 amide bonds. The van der Waals surface area contributed by atoms with Crippen LogP contribution < -0.4 is 10.1 Å². The summed E-state index contributed by atoms with van der Waals surface area (Å²) in [6, 6.07) is 5.61. The van der Waals surface area contributed by atoms with Crippen LogP contribution in [0.2, 0.25) is 0 Å². The van der Waals surface area contributed by atoms with Crippen LogP contribution in [-0.2, 0) is 0 Å². The highest BCUT2D eigenvalue weighted by molar-refractivity contribution is 5.73. The summed E-state index contributed by atoms with van der Waals surface area (Å²) in [5.74, 6) is 0.658. The van der Waals surface area contributed by atoms with Crippen LogP contribution >= 0.6 is 0 Å². The zero-order valence-corrected chi connectivity index (χ0v) is 9.93. The van der Waals surface area contributed by atoms with Crippen molar-refractivity contribution in [2.75, 3.05) is 20.1 Å². The van der Waals surface area contributed by atoms with Gasteiger partial charge in [-0.25, -0.2) is 9.78 Å². The van der Waals surface area contributed by atoms with Crippen LogP contribution in [0.25, 0.3) is 0 Å². The molecule has 1 aliphatic heterocycles. The average Bonchev–Trinajstić information content (AvgIpc) is 2.40. The summed E-state index contributed by atoms with van der Waals surface area (Å²) in [4.78, 5) is 17.3. The molecule has 5 heteroatoms. The van der Waals surface area contributed by atoms with Gasteiger partial charge >= 0.3 is 6.03 Å². The number of likely N-dealkylation sites (tertiary alicyclic amines) is 1. The van der Waals surface area contributed by atoms with Crippen LogP contribution in [0.3, 0.4) is 0 Å². The molecule has 2 heterocycles. The van der Waals surface area contributed by atoms with E-state index < -0.39 is 0 Å². The lowest BCUT2D eigenvalue weighted by atomic mass is 10.1. The number of hydrogen-bond donors (Lipinski definition) is 1. The Bertz CT molecular complexity index is 361. The first-order valence-corrected chi connectivity index (χ1v) is 5.84. The van der Waals surface area contributed by atoms with E-state index in [-0.39, 0.29) is 12.1 Å². The molecule has 0 aliphatic carbocycles. The van der Waals surface area contributed by atoms with Crippen molar-refractivity contribution < 1.29 is 9.53 Å². The van der Waals surface area contributed by atoms with Gasteiger partial charge in [-0.1, -0.05) is 6.07 Å². The Morgan fingerprint density at radius 1 is 1.47 bits per heavy atom. The fraction of sp³-hybridized carbons (Fsp3) is 0.500. The number of carbonyl (C=O) groups excluding carboxylic acids is 1. The number of nitrogens with zero attached hydrogens (tertiary/aromatic N) is 2. The van der Waals surface area contributed by atoms with E-state index in [1.165, 1.54) is 0 Å². The van der Waals surface area contributed by atoms with E-state index in [1.54, 1.807) is 18.1 Å². The van der Waals surface area contributed by atoms with E-state index in [0.29, 0.717) is 5.88 Å². The van der Waals surface area contributed by atoms with E-state index in [4.69, 9.17) is 4.74 Å². The summed E-state index contributed by atoms with van der Waals surface area (Å²) < 4.78 is 5.75. The summed E-state index contributed by atoms with van der Waals surface area (Å²) in [5.41, 5.74) is 0. The molecule has 0 spiro atoms. The molecule has 0 aromatic carbocycles. The second-order valence-electron chi connectivity index (χ2n) is 4.03. The molecule has 2 rings (SSSR count). The van der Waals surface area contributed by atoms with Crippen LogP contribution in [-0.4, -0.2) is 42.2 Å². The van der Waals surface area contributed by atoms with Gasteiger partial charge < -0.3 is 15.0 Å². The lowest BCUT2D eigenvalue weighted by Gasteiger charge is -2.31. The summed E-state index contributed by atoms with van der Waals surface area (Å²) >= 11 is 0. The Labute approximate surface area is 101 Å². The third kappa shape index (κ3) is 3.09. The average molecular weight is 235 g/mol. The zero-order chi connectivity index (χ0) is 12.1. The Morgan fingerprint density at radius 2 is 2.24 bits per heavy atom. The van der Waals surface area contributed by atoms with Crippen LogP contribution in [0.15, 0.2) is 24.4 Å². The normalized spacial score (nSPS) is 16.6. The molecule has 0 radical (unpaired) electrons. The van der Waals surface area contributed by atoms with E-state index in [0.717, 1.165) is 25.9 Å². The minimum atomic E-state index is -0.0127. The van der Waals surface area contributed by atoms with Gasteiger partial charge in [-0.15, -0.1) is 0 Å². The second kappa shape index (κ2) is 5.52. The number of carbonyl (C=O) groups is 1. The third-order valence-electron chi connectivity index (χ3n) is 2.87. The first-order valence-electron chi connectivity index (χ1n) is 5.84. The van der Waals surface area contributed by atoms with Gasteiger partial charge in [0.1, 0.15) is 6.10 Å². The van der Waals surface area contributed by atoms with Crippen molar-refractivity contribution >= 4 is 6.03 Å². The van der Waals surface area contributed by atoms with Crippen molar-refractivity contribution in [3.05, 3.63) is 24.4 Å². The molecule has 1 fully saturated rings. The van der Waals surface area contributed by atoms with Crippen molar-refractivity contribution in [2.45, 2.75) is 18.9 Å². The molecule has 0 saturated carbocycles. The predicted octanol–water partition coefficient (Wildman–Crippen LogP) is 1.26. The van der Waals surface area contributed by atoms with Gasteiger partial charge in [0.2, 0.25) is 5.88 Å². The zero-order valence-electron chi connectivity index (χ0n) is 9.93. The Hall–Kier alpha value is -1.78. The summed E-state index contributed by atoms with van der Waals surface area (Å²) in [6.07, 6.45) is 3.58. The maximum absolute atomic E-state index is 11.4. The number of pyridine rings is 1. The first kappa shape index (κ1) is 11.7. The van der Waals surface area contributed by atoms with Crippen LogP contribution in [0.1, 0.15) is 12.8 Å². The van der Waals surface area contributed by atoms with Crippen molar-refractivity contribution in [3.8, 4) is 5.88 Å². The molecule has 92 valence electrons. The number of piperidine rings is 1. The minimum Gasteiger partial charge on any atom is -0.474 e. The summed E-state index contributed by atoms with van der Waals surface area (Å²) in [6.45, 7) is 1.47. The molecule has 1 aromatic heterocycles. The van der Waals surface area contributed by atoms with Crippen molar-refractivity contribution in [3.63, 3.8) is 0 Å². The van der Waals surface area contributed by atoms with Crippen LogP contribution in [0, 0.1) is 0 Å². The lowest BCUT2D eigenvalue weighted by Crippen LogP contribution is -2.45. The fourth-order valence-electron chi connectivity index (χ4n) is 1.92. The molecule has 5 nitrogen and oxygen atoms in total. The van der Waals surface area contributed by atoms with Crippen LogP contribution in [0.5, 0.6) is 5.88 Å².